The van der Waals surface area contributed by atoms with E-state index in [4.69, 9.17) is 9.10 Å². The zero-order chi connectivity index (χ0) is 41.1. The number of benzene rings is 6. The van der Waals surface area contributed by atoms with E-state index in [0.717, 1.165) is 56.9 Å². The number of para-hydroxylation sites is 2. The van der Waals surface area contributed by atoms with Crippen LogP contribution >= 0.6 is 11.3 Å². The maximum absolute atomic E-state index is 7.23. The summed E-state index contributed by atoms with van der Waals surface area (Å²) in [5.74, 6) is 0.894. The van der Waals surface area contributed by atoms with E-state index < -0.39 is 6.85 Å². The molecule has 0 saturated carbocycles. The van der Waals surface area contributed by atoms with E-state index in [1.807, 2.05) is 36.5 Å². The van der Waals surface area contributed by atoms with E-state index in [1.54, 1.807) is 29.5 Å². The first kappa shape index (κ1) is 34.9. The molecule has 283 valence electrons. The summed E-state index contributed by atoms with van der Waals surface area (Å²) in [5, 5.41) is 4.83. The molecule has 10 rings (SSSR count). The average molecular weight is 946 g/mol. The minimum Gasteiger partial charge on any atom is -0.332 e. The van der Waals surface area contributed by atoms with E-state index >= 15 is 0 Å². The van der Waals surface area contributed by atoms with Crippen LogP contribution in [0, 0.1) is 25.2 Å². The first-order valence-corrected chi connectivity index (χ1v) is 19.6. The topological polar surface area (TPSA) is 43.6 Å². The molecule has 0 N–H and O–H groups in total. The monoisotopic (exact) mass is 946 g/mol. The van der Waals surface area contributed by atoms with Gasteiger partial charge in [0.05, 0.1) is 22.5 Å². The van der Waals surface area contributed by atoms with Gasteiger partial charge in [0.2, 0.25) is 0 Å². The van der Waals surface area contributed by atoms with Crippen molar-refractivity contribution in [2.75, 3.05) is 0 Å². The van der Waals surface area contributed by atoms with Gasteiger partial charge in [0.25, 0.3) is 0 Å². The van der Waals surface area contributed by atoms with Crippen molar-refractivity contribution in [2.45, 2.75) is 20.2 Å². The fourth-order valence-electron chi connectivity index (χ4n) is 7.23. The molecule has 0 aliphatic rings. The van der Waals surface area contributed by atoms with Crippen molar-refractivity contribution in [1.82, 2.24) is 19.5 Å². The Kier molecular flexibility index (Phi) is 10.5. The third-order valence-corrected chi connectivity index (χ3v) is 10.8. The number of aromatic nitrogens is 4. The number of pyridine rings is 2. The summed E-state index contributed by atoms with van der Waals surface area (Å²) in [6.45, 7) is 0.0881. The van der Waals surface area contributed by atoms with E-state index in [1.165, 1.54) is 44.3 Å². The number of aryl methyl sites for hydroxylation is 2. The molecule has 0 unspecified atom stereocenters. The molecule has 0 aliphatic heterocycles. The Morgan fingerprint density at radius 3 is 2.09 bits per heavy atom. The third-order valence-electron chi connectivity index (χ3n) is 9.87. The van der Waals surface area contributed by atoms with Crippen molar-refractivity contribution in [3.05, 3.63) is 216 Å². The Morgan fingerprint density at radius 2 is 1.41 bits per heavy atom. The number of rotatable bonds is 7. The summed E-state index contributed by atoms with van der Waals surface area (Å²) in [6, 6.07) is 61.0. The van der Waals surface area contributed by atoms with Crippen LogP contribution in [-0.4, -0.2) is 19.5 Å². The molecule has 0 spiro atoms. The van der Waals surface area contributed by atoms with E-state index in [-0.39, 0.29) is 25.7 Å². The molecular weight excluding hydrogens is 905 g/mol. The normalized spacial score (nSPS) is 11.8. The molecule has 6 aromatic carbocycles. The molecule has 6 heteroatoms. The van der Waals surface area contributed by atoms with Crippen molar-refractivity contribution < 1.29 is 24.2 Å². The predicted molar refractivity (Wildman–Crippen MR) is 237 cm³/mol. The van der Waals surface area contributed by atoms with E-state index in [2.05, 4.69) is 154 Å². The van der Waals surface area contributed by atoms with Crippen LogP contribution in [0.25, 0.3) is 71.7 Å². The Balaban J connectivity index is 0.000000255. The van der Waals surface area contributed by atoms with E-state index in [0.29, 0.717) is 0 Å². The van der Waals surface area contributed by atoms with Crippen molar-refractivity contribution in [3.8, 4) is 50.6 Å². The summed E-state index contributed by atoms with van der Waals surface area (Å²) in [6.07, 6.45) is 4.02. The number of imidazole rings is 1. The van der Waals surface area contributed by atoms with Gasteiger partial charge in [-0.2, -0.15) is 0 Å². The van der Waals surface area contributed by atoms with Gasteiger partial charge in [-0.05, 0) is 78.1 Å². The van der Waals surface area contributed by atoms with Gasteiger partial charge in [-0.3, -0.25) is 21.3 Å². The molecule has 4 nitrogen and oxygen atoms in total. The first-order valence-electron chi connectivity index (χ1n) is 20.3. The van der Waals surface area contributed by atoms with Crippen molar-refractivity contribution in [1.29, 1.82) is 0 Å². The summed E-state index contributed by atoms with van der Waals surface area (Å²) < 4.78 is 25.3. The summed E-state index contributed by atoms with van der Waals surface area (Å²) in [7, 11) is 0. The standard InChI is InChI=1S/C40H28N3S.C12H10N.Ir/c1-27-22-32(29-12-4-2-5-13-29)39(33(23-27)30-14-6-3-7-15-30)43-37-18-9-8-17-36(37)42-40(43)35-26-44-38-20-19-28(25-34(35)38)24-31-16-10-11-21-41-31;1-10-7-8-12(13-9-10)11-5-3-2-4-6-11;/h2-23,25H,24H2,1H3;2-5,7-9H,1H3;/q2*-1;/i;1D3;. The molecule has 58 heavy (non-hydrogen) atoms. The fraction of sp³-hybridized carbons (Fsp3) is 0.0577. The maximum atomic E-state index is 7.23. The molecule has 0 aliphatic carbocycles. The van der Waals surface area contributed by atoms with Gasteiger partial charge in [-0.15, -0.1) is 47.3 Å². The van der Waals surface area contributed by atoms with Crippen LogP contribution in [0.5, 0.6) is 0 Å². The van der Waals surface area contributed by atoms with Crippen LogP contribution in [0.3, 0.4) is 0 Å². The Morgan fingerprint density at radius 1 is 0.690 bits per heavy atom. The second-order valence-corrected chi connectivity index (χ2v) is 14.7. The first-order chi connectivity index (χ1) is 29.3. The van der Waals surface area contributed by atoms with Crippen molar-refractivity contribution in [3.63, 3.8) is 0 Å². The Hall–Kier alpha value is -6.30. The van der Waals surface area contributed by atoms with Gasteiger partial charge >= 0.3 is 0 Å². The van der Waals surface area contributed by atoms with Gasteiger partial charge in [0.15, 0.2) is 0 Å². The summed E-state index contributed by atoms with van der Waals surface area (Å²) in [4.78, 5) is 14.0. The molecule has 4 heterocycles. The molecular formula is C52H38IrN4S-2. The largest absolute Gasteiger partial charge is 0.332 e. The SMILES string of the molecule is Cc1cc(-c2ccccc2)c(-n2c(-c3[c-]sc4ccc(Cc5ccccn5)cc34)nc3ccccc32)c(-c2ccccc2)c1.[2H]C([2H])([2H])c1ccc(-c2[c-]cccc2)nc1.[Ir]. The summed E-state index contributed by atoms with van der Waals surface area (Å²) >= 11 is 1.65. The van der Waals surface area contributed by atoms with Crippen LogP contribution in [0.4, 0.5) is 0 Å². The average Bonchev–Trinajstić information content (AvgIpc) is 3.88. The smallest absolute Gasteiger partial charge is 0.0774 e. The van der Waals surface area contributed by atoms with Gasteiger partial charge < -0.3 is 9.55 Å². The number of hydrogen-bond acceptors (Lipinski definition) is 4. The quantitative estimate of drug-likeness (QED) is 0.150. The van der Waals surface area contributed by atoms with Gasteiger partial charge in [0, 0.05) is 59.9 Å². The molecule has 0 atom stereocenters. The van der Waals surface area contributed by atoms with Crippen LogP contribution in [-0.2, 0) is 26.5 Å². The second kappa shape index (κ2) is 17.5. The molecule has 1 radical (unpaired) electrons. The minimum absolute atomic E-state index is 0. The number of hydrogen-bond donors (Lipinski definition) is 0. The summed E-state index contributed by atoms with van der Waals surface area (Å²) in [5.41, 5.74) is 14.2. The Bertz CT molecular complexity index is 2980. The molecule has 0 amide bonds. The molecule has 0 fully saturated rings. The molecule has 0 saturated heterocycles. The second-order valence-electron chi connectivity index (χ2n) is 13.8. The van der Waals surface area contributed by atoms with Crippen LogP contribution in [0.2, 0.25) is 0 Å². The number of fused-ring (bicyclic) bond motifs is 2. The minimum atomic E-state index is -2.09. The van der Waals surface area contributed by atoms with Crippen molar-refractivity contribution in [2.24, 2.45) is 0 Å². The molecule has 4 aromatic heterocycles. The predicted octanol–water partition coefficient (Wildman–Crippen LogP) is 13.2. The van der Waals surface area contributed by atoms with E-state index in [9.17, 15) is 0 Å². The molecule has 0 bridgehead atoms. The zero-order valence-corrected chi connectivity index (χ0v) is 34.8. The third kappa shape index (κ3) is 8.09. The van der Waals surface area contributed by atoms with Crippen LogP contribution in [0.15, 0.2) is 182 Å². The zero-order valence-electron chi connectivity index (χ0n) is 34.6. The van der Waals surface area contributed by atoms with Gasteiger partial charge in [-0.1, -0.05) is 124 Å². The Labute approximate surface area is 361 Å². The fourth-order valence-corrected chi connectivity index (χ4v) is 8.05. The number of nitrogens with zero attached hydrogens (tertiary/aromatic N) is 4. The molecule has 10 aromatic rings. The van der Waals surface area contributed by atoms with Gasteiger partial charge in [-0.25, -0.2) is 0 Å². The van der Waals surface area contributed by atoms with Crippen LogP contribution in [0.1, 0.15) is 26.5 Å². The van der Waals surface area contributed by atoms with Crippen molar-refractivity contribution >= 4 is 32.5 Å². The van der Waals surface area contributed by atoms with Crippen LogP contribution < -0.4 is 0 Å². The maximum Gasteiger partial charge on any atom is 0.0774 e. The number of thiophene rings is 1. The van der Waals surface area contributed by atoms with Gasteiger partial charge in [0.1, 0.15) is 0 Å².